The average molecular weight is 475 g/mol. The number of carbonyl (C=O) groups excluding carboxylic acids is 2. The molecular formula is C28H31FN4O2. The summed E-state index contributed by atoms with van der Waals surface area (Å²) in [6.45, 7) is 2.98. The van der Waals surface area contributed by atoms with Crippen LogP contribution in [-0.2, 0) is 16.1 Å². The standard InChI is InChI=1S/C28H31FN4O2/c1-19-16-22(13-14-25(19)33-15-6-2-3-12-26(33)34)32-28(35)27(23-10-4-5-11-24(23)29)31-21-9-7-8-20(17-21)18-30/h4-5,7-11,13-14,16-17,27,31H,2-3,6,12,15,18,30H2,1H3,(H,32,35). The SMILES string of the molecule is Cc1cc(NC(=O)C(Nc2cccc(CN)c2)c2ccccc2F)ccc1N1CCCCCC1=O. The number of rotatable bonds is 7. The maximum atomic E-state index is 14.7. The van der Waals surface area contributed by atoms with Crippen LogP contribution in [0.25, 0.3) is 0 Å². The summed E-state index contributed by atoms with van der Waals surface area (Å²) in [5, 5.41) is 6.08. The zero-order valence-corrected chi connectivity index (χ0v) is 19.9. The molecule has 3 aromatic rings. The van der Waals surface area contributed by atoms with Crippen LogP contribution in [0.1, 0.15) is 48.4 Å². The van der Waals surface area contributed by atoms with E-state index in [2.05, 4.69) is 10.6 Å². The summed E-state index contributed by atoms with van der Waals surface area (Å²) in [6, 6.07) is 18.2. The lowest BCUT2D eigenvalue weighted by Crippen LogP contribution is -2.31. The molecule has 0 bridgehead atoms. The monoisotopic (exact) mass is 474 g/mol. The summed E-state index contributed by atoms with van der Waals surface area (Å²) in [4.78, 5) is 27.8. The van der Waals surface area contributed by atoms with Gasteiger partial charge in [-0.25, -0.2) is 4.39 Å². The van der Waals surface area contributed by atoms with E-state index < -0.39 is 17.8 Å². The van der Waals surface area contributed by atoms with Gasteiger partial charge in [-0.2, -0.15) is 0 Å². The molecule has 0 aliphatic carbocycles. The second-order valence-corrected chi connectivity index (χ2v) is 8.85. The van der Waals surface area contributed by atoms with Gasteiger partial charge in [-0.15, -0.1) is 0 Å². The van der Waals surface area contributed by atoms with Crippen molar-refractivity contribution in [2.24, 2.45) is 5.73 Å². The molecule has 1 fully saturated rings. The molecule has 2 amide bonds. The smallest absolute Gasteiger partial charge is 0.251 e. The third-order valence-electron chi connectivity index (χ3n) is 6.28. The predicted molar refractivity (Wildman–Crippen MR) is 138 cm³/mol. The van der Waals surface area contributed by atoms with Crippen LogP contribution in [0.5, 0.6) is 0 Å². The lowest BCUT2D eigenvalue weighted by atomic mass is 10.0. The van der Waals surface area contributed by atoms with Gasteiger partial charge in [0.2, 0.25) is 5.91 Å². The van der Waals surface area contributed by atoms with Gasteiger partial charge in [0.15, 0.2) is 0 Å². The Kier molecular flexibility index (Phi) is 7.77. The fraction of sp³-hybridized carbons (Fsp3) is 0.286. The summed E-state index contributed by atoms with van der Waals surface area (Å²) >= 11 is 0. The molecule has 3 aromatic carbocycles. The molecule has 0 aromatic heterocycles. The van der Waals surface area contributed by atoms with E-state index in [1.54, 1.807) is 24.3 Å². The van der Waals surface area contributed by atoms with Crippen molar-refractivity contribution in [1.82, 2.24) is 0 Å². The Bertz CT molecular complexity index is 1210. The molecule has 1 heterocycles. The molecule has 0 saturated carbocycles. The van der Waals surface area contributed by atoms with Gasteiger partial charge >= 0.3 is 0 Å². The Balaban J connectivity index is 1.58. The minimum atomic E-state index is -0.962. The number of benzene rings is 3. The second-order valence-electron chi connectivity index (χ2n) is 8.85. The minimum Gasteiger partial charge on any atom is -0.370 e. The number of halogens is 1. The Morgan fingerprint density at radius 1 is 1.03 bits per heavy atom. The van der Waals surface area contributed by atoms with Crippen molar-refractivity contribution in [3.05, 3.63) is 89.2 Å². The van der Waals surface area contributed by atoms with Gasteiger partial charge < -0.3 is 21.3 Å². The van der Waals surface area contributed by atoms with Crippen LogP contribution in [0.2, 0.25) is 0 Å². The molecule has 0 radical (unpaired) electrons. The maximum absolute atomic E-state index is 14.7. The number of aryl methyl sites for hydroxylation is 1. The highest BCUT2D eigenvalue weighted by atomic mass is 19.1. The van der Waals surface area contributed by atoms with E-state index in [1.165, 1.54) is 6.07 Å². The first-order valence-corrected chi connectivity index (χ1v) is 12.0. The summed E-state index contributed by atoms with van der Waals surface area (Å²) in [5.41, 5.74) is 9.90. The number of hydrogen-bond acceptors (Lipinski definition) is 4. The lowest BCUT2D eigenvalue weighted by molar-refractivity contribution is -0.118. The van der Waals surface area contributed by atoms with Gasteiger partial charge in [-0.05, 0) is 67.3 Å². The predicted octanol–water partition coefficient (Wildman–Crippen LogP) is 5.29. The van der Waals surface area contributed by atoms with Crippen molar-refractivity contribution in [3.8, 4) is 0 Å². The van der Waals surface area contributed by atoms with Crippen LogP contribution < -0.4 is 21.3 Å². The first-order chi connectivity index (χ1) is 17.0. The number of hydrogen-bond donors (Lipinski definition) is 3. The third-order valence-corrected chi connectivity index (χ3v) is 6.28. The van der Waals surface area contributed by atoms with Gasteiger partial charge in [-0.1, -0.05) is 36.8 Å². The Morgan fingerprint density at radius 3 is 2.63 bits per heavy atom. The Morgan fingerprint density at radius 2 is 1.86 bits per heavy atom. The maximum Gasteiger partial charge on any atom is 0.251 e. The first kappa shape index (κ1) is 24.4. The van der Waals surface area contributed by atoms with Crippen molar-refractivity contribution < 1.29 is 14.0 Å². The molecule has 1 aliphatic rings. The van der Waals surface area contributed by atoms with Gasteiger partial charge in [0, 0.05) is 42.1 Å². The molecule has 1 unspecified atom stereocenters. The molecule has 7 heteroatoms. The van der Waals surface area contributed by atoms with E-state index >= 15 is 0 Å². The van der Waals surface area contributed by atoms with Crippen molar-refractivity contribution >= 4 is 28.9 Å². The van der Waals surface area contributed by atoms with E-state index in [4.69, 9.17) is 5.73 Å². The van der Waals surface area contributed by atoms with Crippen LogP contribution in [0.3, 0.4) is 0 Å². The summed E-state index contributed by atoms with van der Waals surface area (Å²) in [6.07, 6.45) is 3.50. The first-order valence-electron chi connectivity index (χ1n) is 12.0. The normalized spacial score (nSPS) is 14.8. The quantitative estimate of drug-likeness (QED) is 0.434. The van der Waals surface area contributed by atoms with Gasteiger partial charge in [-0.3, -0.25) is 9.59 Å². The van der Waals surface area contributed by atoms with Crippen LogP contribution in [0, 0.1) is 12.7 Å². The molecule has 1 aliphatic heterocycles. The van der Waals surface area contributed by atoms with Crippen molar-refractivity contribution in [1.29, 1.82) is 0 Å². The van der Waals surface area contributed by atoms with Gasteiger partial charge in [0.25, 0.3) is 5.91 Å². The zero-order chi connectivity index (χ0) is 24.8. The van der Waals surface area contributed by atoms with E-state index in [0.717, 1.165) is 36.1 Å². The largest absolute Gasteiger partial charge is 0.370 e. The highest BCUT2D eigenvalue weighted by Crippen LogP contribution is 2.29. The average Bonchev–Trinajstić information content (AvgIpc) is 3.07. The van der Waals surface area contributed by atoms with E-state index in [1.807, 2.05) is 48.2 Å². The van der Waals surface area contributed by atoms with E-state index in [-0.39, 0.29) is 11.5 Å². The summed E-state index contributed by atoms with van der Waals surface area (Å²) in [5.74, 6) is -0.738. The Hall–Kier alpha value is -3.71. The summed E-state index contributed by atoms with van der Waals surface area (Å²) in [7, 11) is 0. The second kappa shape index (κ2) is 11.1. The number of nitrogens with two attached hydrogens (primary N) is 1. The zero-order valence-electron chi connectivity index (χ0n) is 19.9. The number of carbonyl (C=O) groups is 2. The number of anilines is 3. The number of amides is 2. The fourth-order valence-corrected chi connectivity index (χ4v) is 4.44. The van der Waals surface area contributed by atoms with Crippen LogP contribution in [0.15, 0.2) is 66.7 Å². The lowest BCUT2D eigenvalue weighted by Gasteiger charge is -2.24. The third kappa shape index (κ3) is 5.87. The molecule has 182 valence electrons. The number of nitrogens with one attached hydrogen (secondary N) is 2. The highest BCUT2D eigenvalue weighted by molar-refractivity contribution is 5.98. The van der Waals surface area contributed by atoms with E-state index in [0.29, 0.717) is 30.9 Å². The molecule has 6 nitrogen and oxygen atoms in total. The summed E-state index contributed by atoms with van der Waals surface area (Å²) < 4.78 is 14.7. The molecule has 4 N–H and O–H groups in total. The molecule has 35 heavy (non-hydrogen) atoms. The van der Waals surface area contributed by atoms with Crippen LogP contribution in [0.4, 0.5) is 21.5 Å². The van der Waals surface area contributed by atoms with Crippen LogP contribution >= 0.6 is 0 Å². The van der Waals surface area contributed by atoms with Crippen LogP contribution in [-0.4, -0.2) is 18.4 Å². The molecule has 1 atom stereocenters. The minimum absolute atomic E-state index is 0.130. The highest BCUT2D eigenvalue weighted by Gasteiger charge is 2.25. The number of nitrogens with zero attached hydrogens (tertiary/aromatic N) is 1. The Labute approximate surface area is 205 Å². The topological polar surface area (TPSA) is 87.5 Å². The fourth-order valence-electron chi connectivity index (χ4n) is 4.44. The van der Waals surface area contributed by atoms with Crippen molar-refractivity contribution in [2.45, 2.75) is 45.2 Å². The van der Waals surface area contributed by atoms with E-state index in [9.17, 15) is 14.0 Å². The molecule has 1 saturated heterocycles. The van der Waals surface area contributed by atoms with Gasteiger partial charge in [0.1, 0.15) is 11.9 Å². The van der Waals surface area contributed by atoms with Crippen molar-refractivity contribution in [3.63, 3.8) is 0 Å². The molecular weight excluding hydrogens is 443 g/mol. The molecule has 4 rings (SSSR count). The van der Waals surface area contributed by atoms with Gasteiger partial charge in [0.05, 0.1) is 0 Å². The molecule has 0 spiro atoms. The van der Waals surface area contributed by atoms with Crippen molar-refractivity contribution in [2.75, 3.05) is 22.1 Å².